The maximum absolute atomic E-state index is 13.1. The van der Waals surface area contributed by atoms with Crippen LogP contribution in [0.2, 0.25) is 0 Å². The van der Waals surface area contributed by atoms with Gasteiger partial charge in [0, 0.05) is 25.7 Å². The van der Waals surface area contributed by atoms with Crippen molar-refractivity contribution in [2.75, 3.05) is 39.6 Å². The molecule has 0 rings (SSSR count). The Labute approximate surface area is 619 Å². The van der Waals surface area contributed by atoms with Crippen molar-refractivity contribution in [2.24, 2.45) is 0 Å². The number of unbranched alkanes of at least 4 members (excludes halogenated alkanes) is 28. The second-order valence-corrected chi connectivity index (χ2v) is 29.2. The van der Waals surface area contributed by atoms with E-state index in [0.29, 0.717) is 38.5 Å². The van der Waals surface area contributed by atoms with Crippen LogP contribution in [-0.4, -0.2) is 96.7 Å². The van der Waals surface area contributed by atoms with E-state index in [1.807, 2.05) is 24.3 Å². The third kappa shape index (κ3) is 73.8. The molecule has 3 N–H and O–H groups in total. The molecule has 0 aromatic heterocycles. The normalized spacial score (nSPS) is 14.5. The predicted octanol–water partition coefficient (Wildman–Crippen LogP) is 23.1. The van der Waals surface area contributed by atoms with Gasteiger partial charge in [0.05, 0.1) is 26.4 Å². The molecule has 0 saturated heterocycles. The van der Waals surface area contributed by atoms with Crippen molar-refractivity contribution >= 4 is 39.5 Å². The number of allylic oxidation sites excluding steroid dienone is 20. The lowest BCUT2D eigenvalue weighted by molar-refractivity contribution is -0.161. The van der Waals surface area contributed by atoms with E-state index in [0.717, 1.165) is 122 Å². The first-order valence-corrected chi connectivity index (χ1v) is 42.8. The van der Waals surface area contributed by atoms with Crippen LogP contribution in [0.1, 0.15) is 323 Å². The van der Waals surface area contributed by atoms with Gasteiger partial charge in [0.2, 0.25) is 0 Å². The average molecular weight is 1470 g/mol. The van der Waals surface area contributed by atoms with Gasteiger partial charge in [-0.05, 0) is 135 Å². The number of phosphoric ester groups is 2. The monoisotopic (exact) mass is 1470 g/mol. The maximum Gasteiger partial charge on any atom is 0.472 e. The molecule has 0 fully saturated rings. The molecule has 0 radical (unpaired) electrons. The van der Waals surface area contributed by atoms with Crippen LogP contribution in [0.5, 0.6) is 0 Å². The molecule has 0 bridgehead atoms. The van der Waals surface area contributed by atoms with Crippen molar-refractivity contribution in [1.82, 2.24) is 0 Å². The van der Waals surface area contributed by atoms with Gasteiger partial charge in [0.25, 0.3) is 0 Å². The highest BCUT2D eigenvalue weighted by Gasteiger charge is 2.30. The van der Waals surface area contributed by atoms with Crippen molar-refractivity contribution in [3.8, 4) is 0 Å². The van der Waals surface area contributed by atoms with Crippen molar-refractivity contribution < 1.29 is 80.2 Å². The standard InChI is InChI=1S/C83H142O17P2/c1-5-9-13-17-21-25-29-33-36-38-41-45-48-52-56-60-64-68-81(86)94-73-78(99-82(87)69-65-61-57-53-49-43-32-28-24-20-16-12-8-4)75-97-101(89,90)95-71-77(84)72-96-102(91,92)98-76-79(74-93-80(85)67-63-59-55-51-47-44-40-35-31-27-23-19-15-11-7-3)100-83(88)70-66-62-58-54-50-46-42-39-37-34-30-26-22-18-14-10-6-2/h21-23,25-27,33-37,40-42,45-46,52,54,56,58,77-79,84H,5-20,24,28-32,38-39,43-44,47-51,53,55,57,59-76H2,1-4H3,(H,89,90)(H,91,92)/b25-21-,26-22-,27-23-,36-33-,37-34-,40-35-,45-41-,46-42-,56-52-,58-54-/t77-,78-,79-/m1/s1. The quantitative estimate of drug-likeness (QED) is 0.0169. The third-order valence-electron chi connectivity index (χ3n) is 16.4. The summed E-state index contributed by atoms with van der Waals surface area (Å²) in [6.45, 7) is 4.67. The number of hydrogen-bond donors (Lipinski definition) is 3. The summed E-state index contributed by atoms with van der Waals surface area (Å²) in [6.07, 6.45) is 81.9. The minimum Gasteiger partial charge on any atom is -0.462 e. The molecule has 0 heterocycles. The van der Waals surface area contributed by atoms with Crippen LogP contribution in [0.15, 0.2) is 122 Å². The lowest BCUT2D eigenvalue weighted by Crippen LogP contribution is -2.30. The Morgan fingerprint density at radius 2 is 0.490 bits per heavy atom. The fourth-order valence-corrected chi connectivity index (χ4v) is 11.9. The molecule has 0 aromatic rings. The van der Waals surface area contributed by atoms with E-state index in [1.165, 1.54) is 109 Å². The molecule has 0 aromatic carbocycles. The molecule has 5 atom stereocenters. The molecule has 586 valence electrons. The number of phosphoric acid groups is 2. The molecule has 102 heavy (non-hydrogen) atoms. The van der Waals surface area contributed by atoms with Crippen molar-refractivity contribution in [3.63, 3.8) is 0 Å². The van der Waals surface area contributed by atoms with Crippen LogP contribution in [0.4, 0.5) is 0 Å². The Kier molecular flexibility index (Phi) is 71.4. The van der Waals surface area contributed by atoms with Gasteiger partial charge in [-0.2, -0.15) is 0 Å². The van der Waals surface area contributed by atoms with Gasteiger partial charge in [-0.3, -0.25) is 37.3 Å². The number of rotatable bonds is 74. The van der Waals surface area contributed by atoms with Crippen LogP contribution >= 0.6 is 15.6 Å². The summed E-state index contributed by atoms with van der Waals surface area (Å²) in [4.78, 5) is 72.9. The number of carbonyl (C=O) groups excluding carboxylic acids is 4. The Morgan fingerprint density at radius 1 is 0.275 bits per heavy atom. The second-order valence-electron chi connectivity index (χ2n) is 26.3. The number of hydrogen-bond acceptors (Lipinski definition) is 15. The summed E-state index contributed by atoms with van der Waals surface area (Å²) in [5.74, 6) is -2.31. The van der Waals surface area contributed by atoms with E-state index in [9.17, 15) is 43.2 Å². The van der Waals surface area contributed by atoms with Gasteiger partial charge < -0.3 is 33.8 Å². The Morgan fingerprint density at radius 3 is 0.804 bits per heavy atom. The first-order chi connectivity index (χ1) is 49.7. The zero-order valence-corrected chi connectivity index (χ0v) is 65.8. The molecule has 0 aliphatic carbocycles. The van der Waals surface area contributed by atoms with Gasteiger partial charge in [-0.1, -0.05) is 284 Å². The Bertz CT molecular complexity index is 2410. The Balaban J connectivity index is 5.46. The smallest absolute Gasteiger partial charge is 0.462 e. The zero-order chi connectivity index (χ0) is 74.6. The number of ether oxygens (including phenoxy) is 4. The summed E-state index contributed by atoms with van der Waals surface area (Å²) >= 11 is 0. The van der Waals surface area contributed by atoms with Gasteiger partial charge in [-0.25, -0.2) is 9.13 Å². The number of aliphatic hydroxyl groups excluding tert-OH is 1. The summed E-state index contributed by atoms with van der Waals surface area (Å²) in [5, 5.41) is 10.6. The van der Waals surface area contributed by atoms with Gasteiger partial charge in [-0.15, -0.1) is 0 Å². The van der Waals surface area contributed by atoms with E-state index in [1.54, 1.807) is 0 Å². The zero-order valence-electron chi connectivity index (χ0n) is 64.0. The van der Waals surface area contributed by atoms with Crippen LogP contribution in [0, 0.1) is 0 Å². The molecular formula is C83H142O17P2. The van der Waals surface area contributed by atoms with Gasteiger partial charge in [0.15, 0.2) is 12.2 Å². The van der Waals surface area contributed by atoms with Crippen molar-refractivity contribution in [3.05, 3.63) is 122 Å². The highest BCUT2D eigenvalue weighted by atomic mass is 31.2. The number of carbonyl (C=O) groups is 4. The van der Waals surface area contributed by atoms with Crippen LogP contribution in [0.3, 0.4) is 0 Å². The van der Waals surface area contributed by atoms with Crippen molar-refractivity contribution in [2.45, 2.75) is 341 Å². The molecule has 17 nitrogen and oxygen atoms in total. The van der Waals surface area contributed by atoms with Crippen molar-refractivity contribution in [1.29, 1.82) is 0 Å². The molecule has 19 heteroatoms. The fraction of sp³-hybridized carbons (Fsp3) is 0.711. The second kappa shape index (κ2) is 74.7. The van der Waals surface area contributed by atoms with E-state index < -0.39 is 97.5 Å². The molecule has 0 amide bonds. The lowest BCUT2D eigenvalue weighted by atomic mass is 10.0. The third-order valence-corrected chi connectivity index (χ3v) is 18.3. The summed E-state index contributed by atoms with van der Waals surface area (Å²) < 4.78 is 68.4. The lowest BCUT2D eigenvalue weighted by Gasteiger charge is -2.21. The highest BCUT2D eigenvalue weighted by molar-refractivity contribution is 7.47. The maximum atomic E-state index is 13.1. The van der Waals surface area contributed by atoms with Crippen LogP contribution in [-0.2, 0) is 65.4 Å². The number of esters is 4. The largest absolute Gasteiger partial charge is 0.472 e. The number of aliphatic hydroxyl groups is 1. The summed E-state index contributed by atoms with van der Waals surface area (Å²) in [5.41, 5.74) is 0. The SMILES string of the molecule is CCCCC/C=C\C/C=C\C/C=C\C/C=C\CCCC(=O)OC[C@H](COP(=O)(O)OC[C@@H](O)COP(=O)(O)OC[C@@H](COC(=O)CCCCCCC/C=C\C/C=C\CCCCC)OC(=O)CCC/C=C\C/C=C\C/C=C\C/C=C\CCCCC)OC(=O)CCCCCCCCCCCCCCC. The highest BCUT2D eigenvalue weighted by Crippen LogP contribution is 2.45. The Hall–Kier alpha value is -4.54. The van der Waals surface area contributed by atoms with Gasteiger partial charge in [0.1, 0.15) is 19.3 Å². The van der Waals surface area contributed by atoms with Crippen LogP contribution < -0.4 is 0 Å². The molecule has 0 saturated carbocycles. The fourth-order valence-electron chi connectivity index (χ4n) is 10.3. The topological polar surface area (TPSA) is 237 Å². The molecule has 2 unspecified atom stereocenters. The minimum atomic E-state index is -5.00. The first kappa shape index (κ1) is 97.5. The summed E-state index contributed by atoms with van der Waals surface area (Å²) in [6, 6.07) is 0. The minimum absolute atomic E-state index is 0.0133. The summed E-state index contributed by atoms with van der Waals surface area (Å²) in [7, 11) is -9.99. The molecule has 0 spiro atoms. The first-order valence-electron chi connectivity index (χ1n) is 39.8. The van der Waals surface area contributed by atoms with E-state index in [-0.39, 0.29) is 25.7 Å². The van der Waals surface area contributed by atoms with Gasteiger partial charge >= 0.3 is 39.5 Å². The molecular weight excluding hydrogens is 1330 g/mol. The molecule has 0 aliphatic heterocycles. The molecule has 0 aliphatic rings. The van der Waals surface area contributed by atoms with E-state index in [4.69, 9.17) is 37.0 Å². The average Bonchev–Trinajstić information content (AvgIpc) is 0.909. The van der Waals surface area contributed by atoms with E-state index >= 15 is 0 Å². The predicted molar refractivity (Wildman–Crippen MR) is 418 cm³/mol. The van der Waals surface area contributed by atoms with Crippen LogP contribution in [0.25, 0.3) is 0 Å². The van der Waals surface area contributed by atoms with E-state index in [2.05, 4.69) is 125 Å².